The number of anilines is 1. The Bertz CT molecular complexity index is 414. The third kappa shape index (κ3) is 2.72. The lowest BCUT2D eigenvalue weighted by atomic mass is 9.98. The van der Waals surface area contributed by atoms with E-state index in [2.05, 4.69) is 9.97 Å². The second-order valence-corrected chi connectivity index (χ2v) is 4.54. The van der Waals surface area contributed by atoms with E-state index in [0.29, 0.717) is 6.54 Å². The molecule has 1 aliphatic rings. The monoisotopic (exact) mass is 235 g/mol. The largest absolute Gasteiger partial charge is 0.481 e. The van der Waals surface area contributed by atoms with E-state index in [0.717, 1.165) is 36.7 Å². The molecule has 2 rings (SSSR count). The molecule has 1 unspecified atom stereocenters. The molecule has 1 saturated heterocycles. The predicted molar refractivity (Wildman–Crippen MR) is 64.1 cm³/mol. The van der Waals surface area contributed by atoms with Crippen LogP contribution in [-0.4, -0.2) is 34.1 Å². The second-order valence-electron chi connectivity index (χ2n) is 4.54. The highest BCUT2D eigenvalue weighted by Crippen LogP contribution is 2.22. The number of hydrogen-bond donors (Lipinski definition) is 1. The molecule has 0 radical (unpaired) electrons. The van der Waals surface area contributed by atoms with Crippen LogP contribution in [0.2, 0.25) is 0 Å². The summed E-state index contributed by atoms with van der Waals surface area (Å²) in [5.74, 6) is 0.593. The van der Waals surface area contributed by atoms with Gasteiger partial charge >= 0.3 is 5.97 Å². The van der Waals surface area contributed by atoms with Crippen molar-refractivity contribution in [2.24, 2.45) is 5.92 Å². The van der Waals surface area contributed by atoms with Crippen LogP contribution in [0.15, 0.2) is 6.07 Å². The van der Waals surface area contributed by atoms with Crippen LogP contribution >= 0.6 is 0 Å². The summed E-state index contributed by atoms with van der Waals surface area (Å²) in [7, 11) is 0. The second kappa shape index (κ2) is 4.69. The molecule has 2 heterocycles. The average Bonchev–Trinajstić information content (AvgIpc) is 2.28. The van der Waals surface area contributed by atoms with Crippen LogP contribution in [0, 0.1) is 19.8 Å². The van der Waals surface area contributed by atoms with E-state index >= 15 is 0 Å². The van der Waals surface area contributed by atoms with Gasteiger partial charge in [0, 0.05) is 24.8 Å². The minimum atomic E-state index is -0.711. The number of aliphatic carboxylic acids is 1. The number of aryl methyl sites for hydroxylation is 2. The smallest absolute Gasteiger partial charge is 0.308 e. The number of carbonyl (C=O) groups is 1. The Morgan fingerprint density at radius 1 is 1.47 bits per heavy atom. The summed E-state index contributed by atoms with van der Waals surface area (Å²) in [6.45, 7) is 5.21. The molecule has 0 amide bonds. The van der Waals surface area contributed by atoms with Gasteiger partial charge in [0.2, 0.25) is 0 Å². The summed E-state index contributed by atoms with van der Waals surface area (Å²) in [5, 5.41) is 9.05. The Balaban J connectivity index is 2.18. The number of rotatable bonds is 2. The fraction of sp³-hybridized carbons (Fsp3) is 0.583. The van der Waals surface area contributed by atoms with Gasteiger partial charge < -0.3 is 10.0 Å². The third-order valence-corrected chi connectivity index (χ3v) is 3.05. The van der Waals surface area contributed by atoms with Crippen molar-refractivity contribution in [1.82, 2.24) is 9.97 Å². The maximum Gasteiger partial charge on any atom is 0.308 e. The van der Waals surface area contributed by atoms with Crippen LogP contribution in [0.5, 0.6) is 0 Å². The summed E-state index contributed by atoms with van der Waals surface area (Å²) in [4.78, 5) is 21.7. The van der Waals surface area contributed by atoms with E-state index in [4.69, 9.17) is 5.11 Å². The number of carboxylic acid groups (broad SMARTS) is 1. The molecule has 5 nitrogen and oxygen atoms in total. The van der Waals surface area contributed by atoms with Crippen LogP contribution in [0.4, 0.5) is 5.82 Å². The average molecular weight is 235 g/mol. The number of hydrogen-bond acceptors (Lipinski definition) is 4. The molecular weight excluding hydrogens is 218 g/mol. The molecule has 0 aliphatic carbocycles. The van der Waals surface area contributed by atoms with Crippen molar-refractivity contribution in [3.63, 3.8) is 0 Å². The van der Waals surface area contributed by atoms with Gasteiger partial charge in [0.05, 0.1) is 5.92 Å². The van der Waals surface area contributed by atoms with Crippen LogP contribution in [0.1, 0.15) is 24.4 Å². The topological polar surface area (TPSA) is 66.3 Å². The van der Waals surface area contributed by atoms with E-state index in [1.54, 1.807) is 0 Å². The predicted octanol–water partition coefficient (Wildman–Crippen LogP) is 1.39. The van der Waals surface area contributed by atoms with E-state index in [1.165, 1.54) is 0 Å². The Morgan fingerprint density at radius 3 is 2.88 bits per heavy atom. The molecule has 1 fully saturated rings. The van der Waals surface area contributed by atoms with Crippen molar-refractivity contribution >= 4 is 11.8 Å². The first-order valence-corrected chi connectivity index (χ1v) is 5.86. The van der Waals surface area contributed by atoms with Crippen molar-refractivity contribution in [3.8, 4) is 0 Å². The van der Waals surface area contributed by atoms with Gasteiger partial charge in [0.15, 0.2) is 0 Å². The van der Waals surface area contributed by atoms with E-state index in [-0.39, 0.29) is 5.92 Å². The molecule has 1 aromatic heterocycles. The highest BCUT2D eigenvalue weighted by atomic mass is 16.4. The zero-order valence-electron chi connectivity index (χ0n) is 10.2. The molecule has 1 aromatic rings. The SMILES string of the molecule is Cc1cc(N2CCCC(C(=O)O)C2)nc(C)n1. The first kappa shape index (κ1) is 11.8. The summed E-state index contributed by atoms with van der Waals surface area (Å²) in [5.41, 5.74) is 0.921. The fourth-order valence-electron chi connectivity index (χ4n) is 2.25. The minimum Gasteiger partial charge on any atom is -0.481 e. The third-order valence-electron chi connectivity index (χ3n) is 3.05. The summed E-state index contributed by atoms with van der Waals surface area (Å²) < 4.78 is 0. The van der Waals surface area contributed by atoms with Crippen LogP contribution in [-0.2, 0) is 4.79 Å². The van der Waals surface area contributed by atoms with Gasteiger partial charge in [0.1, 0.15) is 11.6 Å². The number of aromatic nitrogens is 2. The lowest BCUT2D eigenvalue weighted by Gasteiger charge is -2.31. The molecule has 1 aliphatic heterocycles. The number of carboxylic acids is 1. The van der Waals surface area contributed by atoms with E-state index in [9.17, 15) is 4.79 Å². The molecule has 1 N–H and O–H groups in total. The van der Waals surface area contributed by atoms with Gasteiger partial charge in [-0.05, 0) is 26.7 Å². The van der Waals surface area contributed by atoms with Crippen LogP contribution in [0.25, 0.3) is 0 Å². The molecule has 1 atom stereocenters. The number of piperidine rings is 1. The molecule has 0 spiro atoms. The van der Waals surface area contributed by atoms with Gasteiger partial charge in [-0.25, -0.2) is 9.97 Å². The molecule has 17 heavy (non-hydrogen) atoms. The summed E-state index contributed by atoms with van der Waals surface area (Å²) in [6, 6.07) is 1.91. The first-order chi connectivity index (χ1) is 8.06. The molecule has 0 saturated carbocycles. The van der Waals surface area contributed by atoms with Crippen LogP contribution in [0.3, 0.4) is 0 Å². The van der Waals surface area contributed by atoms with Crippen LogP contribution < -0.4 is 4.90 Å². The van der Waals surface area contributed by atoms with Crippen molar-refractivity contribution in [2.45, 2.75) is 26.7 Å². The lowest BCUT2D eigenvalue weighted by molar-refractivity contribution is -0.141. The van der Waals surface area contributed by atoms with E-state index < -0.39 is 5.97 Å². The Hall–Kier alpha value is -1.65. The molecule has 92 valence electrons. The van der Waals surface area contributed by atoms with Gasteiger partial charge in [-0.3, -0.25) is 4.79 Å². The molecular formula is C12H17N3O2. The maximum atomic E-state index is 11.0. The standard InChI is InChI=1S/C12H17N3O2/c1-8-6-11(14-9(2)13-8)15-5-3-4-10(7-15)12(16)17/h6,10H,3-5,7H2,1-2H3,(H,16,17). The first-order valence-electron chi connectivity index (χ1n) is 5.86. The van der Waals surface area contributed by atoms with Crippen molar-refractivity contribution in [3.05, 3.63) is 17.6 Å². The van der Waals surface area contributed by atoms with Gasteiger partial charge in [-0.15, -0.1) is 0 Å². The zero-order chi connectivity index (χ0) is 12.4. The minimum absolute atomic E-state index is 0.278. The van der Waals surface area contributed by atoms with Gasteiger partial charge in [-0.2, -0.15) is 0 Å². The van der Waals surface area contributed by atoms with E-state index in [1.807, 2.05) is 24.8 Å². The molecule has 5 heteroatoms. The summed E-state index contributed by atoms with van der Waals surface area (Å²) >= 11 is 0. The zero-order valence-corrected chi connectivity index (χ0v) is 10.2. The lowest BCUT2D eigenvalue weighted by Crippen LogP contribution is -2.39. The quantitative estimate of drug-likeness (QED) is 0.839. The number of nitrogens with zero attached hydrogens (tertiary/aromatic N) is 3. The molecule has 0 aromatic carbocycles. The Labute approximate surface area is 100 Å². The van der Waals surface area contributed by atoms with Gasteiger partial charge in [0.25, 0.3) is 0 Å². The fourth-order valence-corrected chi connectivity index (χ4v) is 2.25. The van der Waals surface area contributed by atoms with Gasteiger partial charge in [-0.1, -0.05) is 0 Å². The van der Waals surface area contributed by atoms with Crippen molar-refractivity contribution < 1.29 is 9.90 Å². The highest BCUT2D eigenvalue weighted by Gasteiger charge is 2.26. The van der Waals surface area contributed by atoms with Crippen molar-refractivity contribution in [1.29, 1.82) is 0 Å². The molecule has 0 bridgehead atoms. The highest BCUT2D eigenvalue weighted by molar-refractivity contribution is 5.71. The van der Waals surface area contributed by atoms with Crippen molar-refractivity contribution in [2.75, 3.05) is 18.0 Å². The normalized spacial score (nSPS) is 20.4. The Morgan fingerprint density at radius 2 is 2.24 bits per heavy atom. The Kier molecular flexibility index (Phi) is 3.26. The summed E-state index contributed by atoms with van der Waals surface area (Å²) in [6.07, 6.45) is 1.66. The maximum absolute atomic E-state index is 11.0.